The first-order chi connectivity index (χ1) is 9.61. The topological polar surface area (TPSA) is 53.1 Å². The van der Waals surface area contributed by atoms with Crippen molar-refractivity contribution in [3.05, 3.63) is 11.4 Å². The van der Waals surface area contributed by atoms with Crippen LogP contribution in [0.25, 0.3) is 0 Å². The molecule has 1 aliphatic rings. The molecule has 0 radical (unpaired) electrons. The molecular weight excluding hydrogens is 250 g/mol. The SMILES string of the molecule is CCNc1nc(C)nc(NCC(C)N2CCCC2)c1C. The van der Waals surface area contributed by atoms with Gasteiger partial charge in [0.1, 0.15) is 17.5 Å². The zero-order chi connectivity index (χ0) is 14.5. The van der Waals surface area contributed by atoms with Crippen molar-refractivity contribution in [1.29, 1.82) is 0 Å². The summed E-state index contributed by atoms with van der Waals surface area (Å²) in [6, 6.07) is 0.551. The fraction of sp³-hybridized carbons (Fsp3) is 0.733. The van der Waals surface area contributed by atoms with Crippen molar-refractivity contribution >= 4 is 11.6 Å². The Morgan fingerprint density at radius 1 is 1.10 bits per heavy atom. The molecule has 1 fully saturated rings. The van der Waals surface area contributed by atoms with Crippen molar-refractivity contribution in [2.45, 2.75) is 46.6 Å². The molecule has 1 aromatic heterocycles. The first-order valence-corrected chi connectivity index (χ1v) is 7.68. The fourth-order valence-electron chi connectivity index (χ4n) is 2.70. The van der Waals surface area contributed by atoms with E-state index in [1.165, 1.54) is 25.9 Å². The predicted octanol–water partition coefficient (Wildman–Crippen LogP) is 2.42. The van der Waals surface area contributed by atoms with Crippen LogP contribution in [0, 0.1) is 13.8 Å². The monoisotopic (exact) mass is 277 g/mol. The second-order valence-electron chi connectivity index (χ2n) is 5.60. The summed E-state index contributed by atoms with van der Waals surface area (Å²) in [6.07, 6.45) is 2.67. The van der Waals surface area contributed by atoms with Crippen LogP contribution in [0.2, 0.25) is 0 Å². The third kappa shape index (κ3) is 3.60. The maximum atomic E-state index is 4.53. The third-order valence-electron chi connectivity index (χ3n) is 3.93. The van der Waals surface area contributed by atoms with E-state index in [0.29, 0.717) is 6.04 Å². The number of nitrogens with zero attached hydrogens (tertiary/aromatic N) is 3. The minimum absolute atomic E-state index is 0.551. The van der Waals surface area contributed by atoms with Crippen molar-refractivity contribution in [2.24, 2.45) is 0 Å². The molecule has 1 atom stereocenters. The second kappa shape index (κ2) is 6.88. The van der Waals surface area contributed by atoms with Crippen molar-refractivity contribution in [2.75, 3.05) is 36.8 Å². The summed E-state index contributed by atoms with van der Waals surface area (Å²) in [7, 11) is 0. The quantitative estimate of drug-likeness (QED) is 0.836. The molecule has 2 N–H and O–H groups in total. The number of aryl methyl sites for hydroxylation is 1. The molecule has 1 saturated heterocycles. The van der Waals surface area contributed by atoms with Gasteiger partial charge in [-0.1, -0.05) is 0 Å². The fourth-order valence-corrected chi connectivity index (χ4v) is 2.70. The highest BCUT2D eigenvalue weighted by atomic mass is 15.2. The smallest absolute Gasteiger partial charge is 0.134 e. The van der Waals surface area contributed by atoms with Crippen LogP contribution in [0.5, 0.6) is 0 Å². The summed E-state index contributed by atoms with van der Waals surface area (Å²) < 4.78 is 0. The average Bonchev–Trinajstić information content (AvgIpc) is 2.95. The zero-order valence-corrected chi connectivity index (χ0v) is 13.2. The van der Waals surface area contributed by atoms with Crippen LogP contribution in [0.3, 0.4) is 0 Å². The Hall–Kier alpha value is -1.36. The van der Waals surface area contributed by atoms with Crippen LogP contribution in [0.1, 0.15) is 38.1 Å². The van der Waals surface area contributed by atoms with E-state index in [2.05, 4.69) is 46.3 Å². The van der Waals surface area contributed by atoms with Crippen LogP contribution < -0.4 is 10.6 Å². The summed E-state index contributed by atoms with van der Waals surface area (Å²) in [5.74, 6) is 2.71. The van der Waals surface area contributed by atoms with E-state index in [4.69, 9.17) is 0 Å². The molecule has 2 heterocycles. The van der Waals surface area contributed by atoms with E-state index in [9.17, 15) is 0 Å². The number of aromatic nitrogens is 2. The molecule has 0 aliphatic carbocycles. The Labute approximate surface area is 122 Å². The molecule has 0 bridgehead atoms. The number of rotatable bonds is 6. The summed E-state index contributed by atoms with van der Waals surface area (Å²) in [5, 5.41) is 6.79. The number of likely N-dealkylation sites (tertiary alicyclic amines) is 1. The van der Waals surface area contributed by atoms with Gasteiger partial charge in [0.2, 0.25) is 0 Å². The van der Waals surface area contributed by atoms with Gasteiger partial charge in [-0.3, -0.25) is 4.90 Å². The van der Waals surface area contributed by atoms with Gasteiger partial charge in [0, 0.05) is 24.7 Å². The molecule has 2 rings (SSSR count). The van der Waals surface area contributed by atoms with Gasteiger partial charge in [-0.05, 0) is 53.6 Å². The third-order valence-corrected chi connectivity index (χ3v) is 3.93. The molecule has 1 aliphatic heterocycles. The second-order valence-corrected chi connectivity index (χ2v) is 5.60. The first-order valence-electron chi connectivity index (χ1n) is 7.68. The van der Waals surface area contributed by atoms with E-state index in [1.807, 2.05) is 6.92 Å². The van der Waals surface area contributed by atoms with Crippen molar-refractivity contribution < 1.29 is 0 Å². The maximum Gasteiger partial charge on any atom is 0.134 e. The highest BCUT2D eigenvalue weighted by Gasteiger charge is 2.18. The lowest BCUT2D eigenvalue weighted by Gasteiger charge is -2.24. The lowest BCUT2D eigenvalue weighted by atomic mass is 10.2. The normalized spacial score (nSPS) is 17.2. The van der Waals surface area contributed by atoms with Gasteiger partial charge in [0.15, 0.2) is 0 Å². The highest BCUT2D eigenvalue weighted by molar-refractivity contribution is 5.57. The molecule has 20 heavy (non-hydrogen) atoms. The molecule has 1 aromatic rings. The van der Waals surface area contributed by atoms with Crippen LogP contribution >= 0.6 is 0 Å². The standard InChI is InChI=1S/C15H27N5/c1-5-16-14-12(3)15(19-13(4)18-14)17-10-11(2)20-8-6-7-9-20/h11H,5-10H2,1-4H3,(H2,16,17,18,19). The predicted molar refractivity (Wildman–Crippen MR) is 84.4 cm³/mol. The van der Waals surface area contributed by atoms with E-state index in [-0.39, 0.29) is 0 Å². The summed E-state index contributed by atoms with van der Waals surface area (Å²) in [5.41, 5.74) is 1.10. The zero-order valence-electron chi connectivity index (χ0n) is 13.2. The Bertz CT molecular complexity index is 440. The summed E-state index contributed by atoms with van der Waals surface area (Å²) in [4.78, 5) is 11.5. The molecule has 0 amide bonds. The Kier molecular flexibility index (Phi) is 5.17. The lowest BCUT2D eigenvalue weighted by molar-refractivity contribution is 0.269. The number of anilines is 2. The van der Waals surface area contributed by atoms with Gasteiger partial charge in [-0.15, -0.1) is 0 Å². The van der Waals surface area contributed by atoms with Crippen molar-refractivity contribution in [3.63, 3.8) is 0 Å². The van der Waals surface area contributed by atoms with Gasteiger partial charge < -0.3 is 10.6 Å². The van der Waals surface area contributed by atoms with E-state index in [1.54, 1.807) is 0 Å². The van der Waals surface area contributed by atoms with Gasteiger partial charge in [0.05, 0.1) is 0 Å². The molecule has 1 unspecified atom stereocenters. The number of hydrogen-bond acceptors (Lipinski definition) is 5. The molecule has 0 aromatic carbocycles. The molecule has 0 spiro atoms. The largest absolute Gasteiger partial charge is 0.370 e. The Morgan fingerprint density at radius 3 is 2.30 bits per heavy atom. The van der Waals surface area contributed by atoms with Gasteiger partial charge in [0.25, 0.3) is 0 Å². The lowest BCUT2D eigenvalue weighted by Crippen LogP contribution is -2.35. The van der Waals surface area contributed by atoms with Crippen LogP contribution in [0.15, 0.2) is 0 Å². The van der Waals surface area contributed by atoms with E-state index in [0.717, 1.165) is 36.1 Å². The molecule has 5 heteroatoms. The van der Waals surface area contributed by atoms with Crippen molar-refractivity contribution in [3.8, 4) is 0 Å². The average molecular weight is 277 g/mol. The first kappa shape index (κ1) is 15.0. The summed E-state index contributed by atoms with van der Waals surface area (Å²) in [6.45, 7) is 12.6. The van der Waals surface area contributed by atoms with Crippen LogP contribution in [0.4, 0.5) is 11.6 Å². The van der Waals surface area contributed by atoms with Gasteiger partial charge >= 0.3 is 0 Å². The van der Waals surface area contributed by atoms with Gasteiger partial charge in [-0.25, -0.2) is 9.97 Å². The highest BCUT2D eigenvalue weighted by Crippen LogP contribution is 2.20. The minimum Gasteiger partial charge on any atom is -0.370 e. The van der Waals surface area contributed by atoms with Crippen LogP contribution in [-0.2, 0) is 0 Å². The molecular formula is C15H27N5. The Balaban J connectivity index is 2.01. The Morgan fingerprint density at radius 2 is 1.70 bits per heavy atom. The van der Waals surface area contributed by atoms with Crippen molar-refractivity contribution in [1.82, 2.24) is 14.9 Å². The number of nitrogens with one attached hydrogen (secondary N) is 2. The summed E-state index contributed by atoms with van der Waals surface area (Å²) >= 11 is 0. The molecule has 5 nitrogen and oxygen atoms in total. The maximum absolute atomic E-state index is 4.53. The van der Waals surface area contributed by atoms with E-state index < -0.39 is 0 Å². The minimum atomic E-state index is 0.551. The molecule has 0 saturated carbocycles. The van der Waals surface area contributed by atoms with E-state index >= 15 is 0 Å². The number of hydrogen-bond donors (Lipinski definition) is 2. The molecule has 112 valence electrons. The van der Waals surface area contributed by atoms with Crippen LogP contribution in [-0.4, -0.2) is 47.1 Å². The van der Waals surface area contributed by atoms with Gasteiger partial charge in [-0.2, -0.15) is 0 Å².